The van der Waals surface area contributed by atoms with E-state index in [1.165, 1.54) is 31.1 Å². The van der Waals surface area contributed by atoms with Crippen molar-refractivity contribution in [3.63, 3.8) is 0 Å². The SMILES string of the molecule is COC(=O)c1cnc(Oc2ccc(Nc3nc(=O)n(C)c(=O)n3Cc3ccc(Cl)cc3)cc2C)cn1. The summed E-state index contributed by atoms with van der Waals surface area (Å²) in [5.74, 6) is 0.183. The van der Waals surface area contributed by atoms with Crippen molar-refractivity contribution in [2.75, 3.05) is 12.4 Å². The quantitative estimate of drug-likeness (QED) is 0.374. The molecule has 0 bridgehead atoms. The van der Waals surface area contributed by atoms with E-state index in [9.17, 15) is 14.4 Å². The minimum Gasteiger partial charge on any atom is -0.464 e. The fourth-order valence-corrected chi connectivity index (χ4v) is 3.38. The highest BCUT2D eigenvalue weighted by Gasteiger charge is 2.14. The Balaban J connectivity index is 1.58. The van der Waals surface area contributed by atoms with Crippen molar-refractivity contribution in [2.24, 2.45) is 7.05 Å². The van der Waals surface area contributed by atoms with Crippen molar-refractivity contribution in [1.29, 1.82) is 0 Å². The lowest BCUT2D eigenvalue weighted by molar-refractivity contribution is 0.0593. The van der Waals surface area contributed by atoms with Crippen molar-refractivity contribution in [2.45, 2.75) is 13.5 Å². The number of carbonyl (C=O) groups is 1. The Morgan fingerprint density at radius 1 is 1.08 bits per heavy atom. The molecule has 0 saturated heterocycles. The monoisotopic (exact) mass is 508 g/mol. The van der Waals surface area contributed by atoms with E-state index in [4.69, 9.17) is 16.3 Å². The number of halogens is 1. The molecule has 0 aliphatic heterocycles. The second-order valence-electron chi connectivity index (χ2n) is 7.71. The first-order chi connectivity index (χ1) is 17.2. The summed E-state index contributed by atoms with van der Waals surface area (Å²) in [5.41, 5.74) is 0.987. The van der Waals surface area contributed by atoms with E-state index in [1.807, 2.05) is 6.92 Å². The number of benzene rings is 2. The second-order valence-corrected chi connectivity index (χ2v) is 8.15. The van der Waals surface area contributed by atoms with Gasteiger partial charge in [0.1, 0.15) is 5.75 Å². The first-order valence-corrected chi connectivity index (χ1v) is 11.0. The van der Waals surface area contributed by atoms with Gasteiger partial charge in [0.25, 0.3) is 0 Å². The normalized spacial score (nSPS) is 10.7. The van der Waals surface area contributed by atoms with Gasteiger partial charge in [-0.25, -0.2) is 28.9 Å². The zero-order valence-electron chi connectivity index (χ0n) is 19.6. The largest absolute Gasteiger partial charge is 0.464 e. The van der Waals surface area contributed by atoms with E-state index in [1.54, 1.807) is 42.5 Å². The molecule has 2 aromatic carbocycles. The summed E-state index contributed by atoms with van der Waals surface area (Å²) in [6.45, 7) is 1.99. The molecule has 0 saturated carbocycles. The number of methoxy groups -OCH3 is 1. The molecule has 0 atom stereocenters. The molecule has 0 fully saturated rings. The van der Waals surface area contributed by atoms with Gasteiger partial charge in [0, 0.05) is 17.8 Å². The first kappa shape index (κ1) is 24.6. The number of aryl methyl sites for hydroxylation is 1. The molecule has 2 heterocycles. The minimum absolute atomic E-state index is 0.0623. The van der Waals surface area contributed by atoms with Gasteiger partial charge < -0.3 is 14.8 Å². The Labute approximate surface area is 210 Å². The number of ether oxygens (including phenoxy) is 2. The molecule has 2 aromatic heterocycles. The third-order valence-corrected chi connectivity index (χ3v) is 5.44. The van der Waals surface area contributed by atoms with Gasteiger partial charge in [-0.1, -0.05) is 23.7 Å². The molecule has 0 radical (unpaired) electrons. The van der Waals surface area contributed by atoms with Crippen LogP contribution in [0.15, 0.2) is 64.4 Å². The van der Waals surface area contributed by atoms with E-state index in [2.05, 4.69) is 25.0 Å². The predicted octanol–water partition coefficient (Wildman–Crippen LogP) is 3.06. The van der Waals surface area contributed by atoms with Crippen molar-refractivity contribution < 1.29 is 14.3 Å². The number of rotatable bonds is 7. The third kappa shape index (κ3) is 5.41. The van der Waals surface area contributed by atoms with Gasteiger partial charge in [0.2, 0.25) is 11.8 Å². The predicted molar refractivity (Wildman–Crippen MR) is 132 cm³/mol. The molecule has 0 aliphatic rings. The number of aromatic nitrogens is 5. The lowest BCUT2D eigenvalue weighted by atomic mass is 10.2. The number of nitrogens with one attached hydrogen (secondary N) is 1. The number of carbonyl (C=O) groups excluding carboxylic acids is 1. The molecule has 1 N–H and O–H groups in total. The van der Waals surface area contributed by atoms with E-state index >= 15 is 0 Å². The van der Waals surface area contributed by atoms with Crippen LogP contribution in [0, 0.1) is 6.92 Å². The van der Waals surface area contributed by atoms with Crippen LogP contribution in [-0.2, 0) is 18.3 Å². The van der Waals surface area contributed by atoms with Crippen molar-refractivity contribution in [3.05, 3.63) is 97.7 Å². The van der Waals surface area contributed by atoms with Crippen LogP contribution in [0.25, 0.3) is 0 Å². The smallest absolute Gasteiger partial charge is 0.358 e. The lowest BCUT2D eigenvalue weighted by Crippen LogP contribution is -2.41. The summed E-state index contributed by atoms with van der Waals surface area (Å²) >= 11 is 5.96. The number of hydrogen-bond acceptors (Lipinski definition) is 9. The lowest BCUT2D eigenvalue weighted by Gasteiger charge is -2.15. The van der Waals surface area contributed by atoms with Crippen molar-refractivity contribution in [1.82, 2.24) is 24.1 Å². The van der Waals surface area contributed by atoms with Crippen LogP contribution in [0.3, 0.4) is 0 Å². The molecule has 4 aromatic rings. The molecule has 0 spiro atoms. The highest BCUT2D eigenvalue weighted by molar-refractivity contribution is 6.30. The van der Waals surface area contributed by atoms with E-state index in [-0.39, 0.29) is 24.1 Å². The summed E-state index contributed by atoms with van der Waals surface area (Å²) in [4.78, 5) is 48.6. The molecule has 36 heavy (non-hydrogen) atoms. The van der Waals surface area contributed by atoms with Gasteiger partial charge in [-0.15, -0.1) is 0 Å². The van der Waals surface area contributed by atoms with E-state index in [0.717, 1.165) is 15.7 Å². The number of nitrogens with zero attached hydrogens (tertiary/aromatic N) is 5. The molecule has 184 valence electrons. The molecular weight excluding hydrogens is 488 g/mol. The van der Waals surface area contributed by atoms with Gasteiger partial charge in [-0.3, -0.25) is 4.57 Å². The summed E-state index contributed by atoms with van der Waals surface area (Å²) in [5, 5.41) is 3.62. The average Bonchev–Trinajstić information content (AvgIpc) is 2.88. The van der Waals surface area contributed by atoms with Crippen LogP contribution in [-0.4, -0.2) is 37.2 Å². The molecule has 0 unspecified atom stereocenters. The Bertz CT molecular complexity index is 1530. The maximum atomic E-state index is 12.8. The zero-order chi connectivity index (χ0) is 25.8. The average molecular weight is 509 g/mol. The maximum Gasteiger partial charge on any atom is 0.358 e. The summed E-state index contributed by atoms with van der Waals surface area (Å²) < 4.78 is 12.7. The second kappa shape index (κ2) is 10.4. The Kier molecular flexibility index (Phi) is 7.11. The van der Waals surface area contributed by atoms with Crippen LogP contribution in [0.1, 0.15) is 21.6 Å². The van der Waals surface area contributed by atoms with Gasteiger partial charge in [0.05, 0.1) is 26.0 Å². The van der Waals surface area contributed by atoms with Crippen LogP contribution in [0.4, 0.5) is 11.6 Å². The Hall–Kier alpha value is -4.51. The van der Waals surface area contributed by atoms with Crippen molar-refractivity contribution >= 4 is 29.2 Å². The fraction of sp³-hybridized carbons (Fsp3) is 0.167. The minimum atomic E-state index is -0.680. The zero-order valence-corrected chi connectivity index (χ0v) is 20.3. The first-order valence-electron chi connectivity index (χ1n) is 10.6. The third-order valence-electron chi connectivity index (χ3n) is 5.18. The van der Waals surface area contributed by atoms with Crippen LogP contribution < -0.4 is 21.4 Å². The van der Waals surface area contributed by atoms with Gasteiger partial charge in [0.15, 0.2) is 5.69 Å². The molecule has 4 rings (SSSR count). The van der Waals surface area contributed by atoms with Gasteiger partial charge in [-0.2, -0.15) is 4.98 Å². The highest BCUT2D eigenvalue weighted by Crippen LogP contribution is 2.27. The number of hydrogen-bond donors (Lipinski definition) is 1. The van der Waals surface area contributed by atoms with Crippen LogP contribution in [0.5, 0.6) is 11.6 Å². The number of anilines is 2. The highest BCUT2D eigenvalue weighted by atomic mass is 35.5. The topological polar surface area (TPSA) is 130 Å². The summed E-state index contributed by atoms with van der Waals surface area (Å²) in [7, 11) is 2.63. The molecule has 0 amide bonds. The van der Waals surface area contributed by atoms with Gasteiger partial charge in [-0.05, 0) is 48.4 Å². The Morgan fingerprint density at radius 2 is 1.83 bits per heavy atom. The van der Waals surface area contributed by atoms with Gasteiger partial charge >= 0.3 is 17.3 Å². The molecule has 12 heteroatoms. The van der Waals surface area contributed by atoms with E-state index in [0.29, 0.717) is 16.5 Å². The maximum absolute atomic E-state index is 12.8. The van der Waals surface area contributed by atoms with Crippen LogP contribution in [0.2, 0.25) is 5.02 Å². The number of esters is 1. The fourth-order valence-electron chi connectivity index (χ4n) is 3.25. The molecule has 11 nitrogen and oxygen atoms in total. The molecular formula is C24H21ClN6O5. The van der Waals surface area contributed by atoms with E-state index < -0.39 is 17.3 Å². The van der Waals surface area contributed by atoms with Crippen molar-refractivity contribution in [3.8, 4) is 11.6 Å². The summed E-state index contributed by atoms with van der Waals surface area (Å²) in [6.07, 6.45) is 2.57. The summed E-state index contributed by atoms with van der Waals surface area (Å²) in [6, 6.07) is 12.2. The Morgan fingerprint density at radius 3 is 2.47 bits per heavy atom. The van der Waals surface area contributed by atoms with Crippen LogP contribution >= 0.6 is 11.6 Å². The molecule has 0 aliphatic carbocycles. The standard InChI is InChI=1S/C24H21ClN6O5/c1-14-10-17(8-9-19(14)36-20-12-26-18(11-27-20)21(32)35-3)28-22-29-23(33)30(2)24(34)31(22)13-15-4-6-16(25)7-5-15/h4-12H,13H2,1-3H3,(H,28,29,33).